The average Bonchev–Trinajstić information content (AvgIpc) is 2.15. The molecule has 0 saturated carbocycles. The maximum absolute atomic E-state index is 12.0. The smallest absolute Gasteiger partial charge is 0.406 e. The summed E-state index contributed by atoms with van der Waals surface area (Å²) in [7, 11) is 0. The summed E-state index contributed by atoms with van der Waals surface area (Å²) in [6.45, 7) is 0. The second kappa shape index (κ2) is 4.67. The molecule has 2 N–H and O–H groups in total. The fraction of sp³-hybridized carbons (Fsp3) is 0.100. The van der Waals surface area contributed by atoms with Crippen LogP contribution in [0.2, 0.25) is 0 Å². The number of rotatable bonds is 1. The highest BCUT2D eigenvalue weighted by molar-refractivity contribution is 5.90. The quantitative estimate of drug-likeness (QED) is 0.861. The van der Waals surface area contributed by atoms with E-state index in [4.69, 9.17) is 5.73 Å². The lowest BCUT2D eigenvalue weighted by Crippen LogP contribution is -2.17. The first-order valence-corrected chi connectivity index (χ1v) is 4.36. The number of halogens is 4. The van der Waals surface area contributed by atoms with Gasteiger partial charge in [0.2, 0.25) is 0 Å². The topological polar surface area (TPSA) is 48.1 Å². The Kier molecular flexibility index (Phi) is 3.67. The Morgan fingerprint density at radius 1 is 1.18 bits per heavy atom. The molecule has 0 radical (unpaired) electrons. The molecule has 7 heteroatoms. The summed E-state index contributed by atoms with van der Waals surface area (Å²) >= 11 is 0. The lowest BCUT2D eigenvalue weighted by atomic mass is 10.2. The number of anilines is 1. The van der Waals surface area contributed by atoms with Crippen LogP contribution in [0, 0.1) is 0 Å². The predicted molar refractivity (Wildman–Crippen MR) is 60.1 cm³/mol. The molecule has 0 fully saturated rings. The number of aromatic nitrogens is 1. The Hall–Kier alpha value is -1.69. The Morgan fingerprint density at radius 3 is 2.53 bits per heavy atom. The van der Waals surface area contributed by atoms with E-state index in [0.29, 0.717) is 16.6 Å². The summed E-state index contributed by atoms with van der Waals surface area (Å²) in [6, 6.07) is 5.42. The van der Waals surface area contributed by atoms with Gasteiger partial charge in [-0.2, -0.15) is 0 Å². The first-order valence-electron chi connectivity index (χ1n) is 4.36. The zero-order valence-corrected chi connectivity index (χ0v) is 9.18. The molecule has 17 heavy (non-hydrogen) atoms. The van der Waals surface area contributed by atoms with Crippen LogP contribution in [0.25, 0.3) is 10.9 Å². The molecule has 1 aromatic heterocycles. The highest BCUT2D eigenvalue weighted by Crippen LogP contribution is 2.27. The summed E-state index contributed by atoms with van der Waals surface area (Å²) in [6.07, 6.45) is -3.27. The first-order chi connectivity index (χ1) is 7.46. The zero-order chi connectivity index (χ0) is 11.8. The van der Waals surface area contributed by atoms with Gasteiger partial charge in [-0.3, -0.25) is 4.98 Å². The molecule has 0 unspecified atom stereocenters. The molecule has 1 heterocycles. The van der Waals surface area contributed by atoms with Gasteiger partial charge in [0, 0.05) is 23.3 Å². The first kappa shape index (κ1) is 13.4. The van der Waals surface area contributed by atoms with Gasteiger partial charge in [0.25, 0.3) is 0 Å². The minimum atomic E-state index is -4.70. The van der Waals surface area contributed by atoms with Gasteiger partial charge in [0.15, 0.2) is 0 Å². The van der Waals surface area contributed by atoms with E-state index in [0.717, 1.165) is 0 Å². The highest BCUT2D eigenvalue weighted by atomic mass is 35.5. The van der Waals surface area contributed by atoms with Gasteiger partial charge >= 0.3 is 6.36 Å². The Labute approximate surface area is 101 Å². The van der Waals surface area contributed by atoms with Crippen molar-refractivity contribution < 1.29 is 17.9 Å². The van der Waals surface area contributed by atoms with Crippen LogP contribution in [0.15, 0.2) is 30.5 Å². The third-order valence-electron chi connectivity index (χ3n) is 1.98. The standard InChI is InChI=1S/C10H7F3N2O.ClH/c11-10(12,13)16-6-1-2-7-8(14)3-4-15-9(7)5-6;/h1-5H,(H2,14,15);1H. The molecule has 0 amide bonds. The summed E-state index contributed by atoms with van der Waals surface area (Å²) < 4.78 is 39.6. The molecule has 92 valence electrons. The van der Waals surface area contributed by atoms with Crippen molar-refractivity contribution in [2.75, 3.05) is 5.73 Å². The summed E-state index contributed by atoms with van der Waals surface area (Å²) in [5.74, 6) is -0.307. The lowest BCUT2D eigenvalue weighted by molar-refractivity contribution is -0.274. The van der Waals surface area contributed by atoms with Gasteiger partial charge in [0.05, 0.1) is 5.52 Å². The third kappa shape index (κ3) is 3.13. The molecule has 0 aliphatic carbocycles. The maximum Gasteiger partial charge on any atom is 0.573 e. The molecule has 0 spiro atoms. The van der Waals surface area contributed by atoms with Crippen LogP contribution in [0.1, 0.15) is 0 Å². The van der Waals surface area contributed by atoms with Gasteiger partial charge < -0.3 is 10.5 Å². The number of hydrogen-bond acceptors (Lipinski definition) is 3. The summed E-state index contributed by atoms with van der Waals surface area (Å²) in [5.41, 5.74) is 6.45. The molecule has 2 rings (SSSR count). The second-order valence-electron chi connectivity index (χ2n) is 3.13. The Bertz CT molecular complexity index is 530. The van der Waals surface area contributed by atoms with Crippen molar-refractivity contribution in [3.05, 3.63) is 30.5 Å². The molecule has 0 saturated heterocycles. The molecular formula is C10H8ClF3N2O. The monoisotopic (exact) mass is 264 g/mol. The van der Waals surface area contributed by atoms with Crippen LogP contribution in [-0.2, 0) is 0 Å². The van der Waals surface area contributed by atoms with E-state index in [2.05, 4.69) is 9.72 Å². The van der Waals surface area contributed by atoms with E-state index >= 15 is 0 Å². The molecular weight excluding hydrogens is 257 g/mol. The third-order valence-corrected chi connectivity index (χ3v) is 1.98. The minimum absolute atomic E-state index is 0. The van der Waals surface area contributed by atoms with Crippen LogP contribution < -0.4 is 10.5 Å². The fourth-order valence-electron chi connectivity index (χ4n) is 1.35. The van der Waals surface area contributed by atoms with Crippen molar-refractivity contribution in [1.82, 2.24) is 4.98 Å². The van der Waals surface area contributed by atoms with E-state index in [-0.39, 0.29) is 18.2 Å². The Morgan fingerprint density at radius 2 is 1.88 bits per heavy atom. The number of fused-ring (bicyclic) bond motifs is 1. The number of nitrogens with two attached hydrogens (primary N) is 1. The number of nitrogen functional groups attached to an aromatic ring is 1. The van der Waals surface area contributed by atoms with Crippen molar-refractivity contribution in [2.24, 2.45) is 0 Å². The van der Waals surface area contributed by atoms with Crippen LogP contribution in [0.5, 0.6) is 5.75 Å². The van der Waals surface area contributed by atoms with E-state index in [1.165, 1.54) is 24.4 Å². The molecule has 2 aromatic rings. The summed E-state index contributed by atoms with van der Waals surface area (Å²) in [5, 5.41) is 0.594. The zero-order valence-electron chi connectivity index (χ0n) is 8.36. The van der Waals surface area contributed by atoms with Crippen LogP contribution in [0.4, 0.5) is 18.9 Å². The van der Waals surface area contributed by atoms with Crippen LogP contribution >= 0.6 is 12.4 Å². The van der Waals surface area contributed by atoms with E-state index in [1.807, 2.05) is 0 Å². The number of alkyl halides is 3. The molecule has 1 aromatic carbocycles. The van der Waals surface area contributed by atoms with Gasteiger partial charge in [-0.15, -0.1) is 25.6 Å². The van der Waals surface area contributed by atoms with Crippen molar-refractivity contribution in [3.63, 3.8) is 0 Å². The number of ether oxygens (including phenoxy) is 1. The number of nitrogens with zero attached hydrogens (tertiary/aromatic N) is 1. The van der Waals surface area contributed by atoms with Gasteiger partial charge in [-0.1, -0.05) is 0 Å². The Balaban J connectivity index is 0.00000144. The van der Waals surface area contributed by atoms with E-state index in [9.17, 15) is 13.2 Å². The lowest BCUT2D eigenvalue weighted by Gasteiger charge is -2.09. The number of hydrogen-bond donors (Lipinski definition) is 1. The predicted octanol–water partition coefficient (Wildman–Crippen LogP) is 3.14. The fourth-order valence-corrected chi connectivity index (χ4v) is 1.35. The molecule has 0 aliphatic heterocycles. The largest absolute Gasteiger partial charge is 0.573 e. The normalized spacial score (nSPS) is 11.0. The van der Waals surface area contributed by atoms with E-state index < -0.39 is 6.36 Å². The SMILES string of the molecule is Cl.Nc1ccnc2cc(OC(F)(F)F)ccc12. The second-order valence-corrected chi connectivity index (χ2v) is 3.13. The van der Waals surface area contributed by atoms with Crippen LogP contribution in [0.3, 0.4) is 0 Å². The maximum atomic E-state index is 12.0. The summed E-state index contributed by atoms with van der Waals surface area (Å²) in [4.78, 5) is 3.91. The van der Waals surface area contributed by atoms with Crippen molar-refractivity contribution >= 4 is 29.0 Å². The van der Waals surface area contributed by atoms with E-state index in [1.54, 1.807) is 6.07 Å². The van der Waals surface area contributed by atoms with Gasteiger partial charge in [-0.05, 0) is 18.2 Å². The number of pyridine rings is 1. The van der Waals surface area contributed by atoms with Gasteiger partial charge in [0.1, 0.15) is 5.75 Å². The molecule has 0 bridgehead atoms. The van der Waals surface area contributed by atoms with Crippen LogP contribution in [-0.4, -0.2) is 11.3 Å². The molecule has 0 aliphatic rings. The highest BCUT2D eigenvalue weighted by Gasteiger charge is 2.31. The molecule has 3 nitrogen and oxygen atoms in total. The average molecular weight is 265 g/mol. The molecule has 0 atom stereocenters. The van der Waals surface area contributed by atoms with Crippen molar-refractivity contribution in [3.8, 4) is 5.75 Å². The van der Waals surface area contributed by atoms with Crippen molar-refractivity contribution in [1.29, 1.82) is 0 Å². The van der Waals surface area contributed by atoms with Gasteiger partial charge in [-0.25, -0.2) is 0 Å². The number of benzene rings is 1. The van der Waals surface area contributed by atoms with Crippen molar-refractivity contribution in [2.45, 2.75) is 6.36 Å². The minimum Gasteiger partial charge on any atom is -0.406 e.